The molecule has 0 bridgehead atoms. The van der Waals surface area contributed by atoms with E-state index < -0.39 is 0 Å². The predicted octanol–water partition coefficient (Wildman–Crippen LogP) is 0.409. The van der Waals surface area contributed by atoms with Crippen molar-refractivity contribution in [2.75, 3.05) is 26.2 Å². The zero-order valence-electron chi connectivity index (χ0n) is 11.5. The monoisotopic (exact) mass is 267 g/mol. The summed E-state index contributed by atoms with van der Waals surface area (Å²) in [7, 11) is 0. The summed E-state index contributed by atoms with van der Waals surface area (Å²) < 4.78 is 0. The molecule has 5 heteroatoms. The number of piperidine rings is 1. The third-order valence-corrected chi connectivity index (χ3v) is 3.93. The smallest absolute Gasteiger partial charge is 0.223 e. The van der Waals surface area contributed by atoms with Gasteiger partial charge in [0.05, 0.1) is 0 Å². The summed E-state index contributed by atoms with van der Waals surface area (Å²) in [4.78, 5) is 23.0. The third-order valence-electron chi connectivity index (χ3n) is 3.93. The molecule has 2 aliphatic rings. The number of rotatable bonds is 7. The van der Waals surface area contributed by atoms with Crippen molar-refractivity contribution >= 4 is 11.8 Å². The summed E-state index contributed by atoms with van der Waals surface area (Å²) in [6.45, 7) is 3.26. The van der Waals surface area contributed by atoms with Crippen LogP contribution in [0.2, 0.25) is 0 Å². The summed E-state index contributed by atoms with van der Waals surface area (Å²) in [5.74, 6) is 1.19. The van der Waals surface area contributed by atoms with Gasteiger partial charge in [0.25, 0.3) is 0 Å². The molecular formula is C14H25N3O2. The van der Waals surface area contributed by atoms with Crippen LogP contribution in [0.5, 0.6) is 0 Å². The average Bonchev–Trinajstić information content (AvgIpc) is 3.27. The quantitative estimate of drug-likeness (QED) is 0.585. The normalized spacial score (nSPS) is 20.0. The molecule has 1 saturated heterocycles. The van der Waals surface area contributed by atoms with Gasteiger partial charge in [0.1, 0.15) is 0 Å². The van der Waals surface area contributed by atoms with Crippen LogP contribution in [0.15, 0.2) is 0 Å². The number of carbonyl (C=O) groups excluding carboxylic acids is 2. The van der Waals surface area contributed by atoms with E-state index in [0.29, 0.717) is 25.4 Å². The van der Waals surface area contributed by atoms with Crippen molar-refractivity contribution in [3.05, 3.63) is 0 Å². The fraction of sp³-hybridized carbons (Fsp3) is 0.857. The van der Waals surface area contributed by atoms with Gasteiger partial charge < -0.3 is 16.0 Å². The Balaban J connectivity index is 1.45. The number of hydrogen-bond donors (Lipinski definition) is 3. The lowest BCUT2D eigenvalue weighted by Crippen LogP contribution is -2.35. The Morgan fingerprint density at radius 3 is 2.37 bits per heavy atom. The third kappa shape index (κ3) is 5.59. The molecule has 3 N–H and O–H groups in total. The van der Waals surface area contributed by atoms with Crippen LogP contribution in [-0.2, 0) is 9.59 Å². The van der Waals surface area contributed by atoms with Crippen LogP contribution in [0.1, 0.15) is 38.5 Å². The minimum absolute atomic E-state index is 0.110. The van der Waals surface area contributed by atoms with Gasteiger partial charge in [-0.2, -0.15) is 0 Å². The highest BCUT2D eigenvalue weighted by molar-refractivity contribution is 5.81. The summed E-state index contributed by atoms with van der Waals surface area (Å²) >= 11 is 0. The first-order chi connectivity index (χ1) is 9.25. The van der Waals surface area contributed by atoms with Crippen molar-refractivity contribution in [2.45, 2.75) is 38.5 Å². The fourth-order valence-electron chi connectivity index (χ4n) is 2.47. The molecule has 0 aromatic heterocycles. The first-order valence-electron chi connectivity index (χ1n) is 7.51. The molecule has 1 aliphatic heterocycles. The number of carbonyl (C=O) groups is 2. The Hall–Kier alpha value is -1.10. The Morgan fingerprint density at radius 2 is 1.68 bits per heavy atom. The highest BCUT2D eigenvalue weighted by Crippen LogP contribution is 2.28. The zero-order chi connectivity index (χ0) is 13.5. The SMILES string of the molecule is O=C(CCC1CCNCC1)NCCNC(=O)C1CC1. The lowest BCUT2D eigenvalue weighted by Gasteiger charge is -2.22. The van der Waals surface area contributed by atoms with Crippen LogP contribution < -0.4 is 16.0 Å². The lowest BCUT2D eigenvalue weighted by atomic mass is 9.93. The number of amides is 2. The summed E-state index contributed by atoms with van der Waals surface area (Å²) in [5, 5.41) is 9.04. The predicted molar refractivity (Wildman–Crippen MR) is 73.6 cm³/mol. The molecule has 0 unspecified atom stereocenters. The molecule has 0 aromatic rings. The molecule has 1 heterocycles. The fourth-order valence-corrected chi connectivity index (χ4v) is 2.47. The van der Waals surface area contributed by atoms with Crippen molar-refractivity contribution in [2.24, 2.45) is 11.8 Å². The Bertz CT molecular complexity index is 310. The molecule has 1 saturated carbocycles. The summed E-state index contributed by atoms with van der Waals surface area (Å²) in [6.07, 6.45) is 6.02. The van der Waals surface area contributed by atoms with Gasteiger partial charge >= 0.3 is 0 Å². The Kier molecular flexibility index (Phi) is 5.63. The van der Waals surface area contributed by atoms with Crippen molar-refractivity contribution < 1.29 is 9.59 Å². The standard InChI is InChI=1S/C14H25N3O2/c18-13(4-1-11-5-7-15-8-6-11)16-9-10-17-14(19)12-2-3-12/h11-12,15H,1-10H2,(H,16,18)(H,17,19). The van der Waals surface area contributed by atoms with E-state index in [1.807, 2.05) is 0 Å². The van der Waals surface area contributed by atoms with Gasteiger partial charge in [0.15, 0.2) is 0 Å². The second-order valence-electron chi connectivity index (χ2n) is 5.65. The molecule has 108 valence electrons. The summed E-state index contributed by atoms with van der Waals surface area (Å²) in [5.41, 5.74) is 0. The van der Waals surface area contributed by atoms with Crippen LogP contribution in [-0.4, -0.2) is 38.0 Å². The average molecular weight is 267 g/mol. The van der Waals surface area contributed by atoms with E-state index in [1.165, 1.54) is 12.8 Å². The second-order valence-corrected chi connectivity index (χ2v) is 5.65. The molecule has 2 amide bonds. The maximum absolute atomic E-state index is 11.6. The largest absolute Gasteiger partial charge is 0.354 e. The molecule has 0 aromatic carbocycles. The number of hydrogen-bond acceptors (Lipinski definition) is 3. The van der Waals surface area contributed by atoms with Gasteiger partial charge in [-0.3, -0.25) is 9.59 Å². The Labute approximate surface area is 114 Å². The van der Waals surface area contributed by atoms with E-state index in [2.05, 4.69) is 16.0 Å². The molecule has 2 fully saturated rings. The first kappa shape index (κ1) is 14.3. The van der Waals surface area contributed by atoms with E-state index >= 15 is 0 Å². The zero-order valence-corrected chi connectivity index (χ0v) is 11.5. The van der Waals surface area contributed by atoms with Gasteiger partial charge in [-0.05, 0) is 51.1 Å². The van der Waals surface area contributed by atoms with Crippen LogP contribution in [0.4, 0.5) is 0 Å². The van der Waals surface area contributed by atoms with Gasteiger partial charge in [-0.15, -0.1) is 0 Å². The van der Waals surface area contributed by atoms with Crippen molar-refractivity contribution in [3.8, 4) is 0 Å². The lowest BCUT2D eigenvalue weighted by molar-refractivity contribution is -0.123. The van der Waals surface area contributed by atoms with Crippen LogP contribution in [0, 0.1) is 11.8 Å². The first-order valence-corrected chi connectivity index (χ1v) is 7.51. The van der Waals surface area contributed by atoms with Crippen LogP contribution in [0.3, 0.4) is 0 Å². The maximum Gasteiger partial charge on any atom is 0.223 e. The van der Waals surface area contributed by atoms with Crippen molar-refractivity contribution in [1.82, 2.24) is 16.0 Å². The molecule has 19 heavy (non-hydrogen) atoms. The number of nitrogens with one attached hydrogen (secondary N) is 3. The van der Waals surface area contributed by atoms with Gasteiger partial charge in [0, 0.05) is 25.4 Å². The highest BCUT2D eigenvalue weighted by Gasteiger charge is 2.28. The molecule has 0 atom stereocenters. The summed E-state index contributed by atoms with van der Waals surface area (Å²) in [6, 6.07) is 0. The van der Waals surface area contributed by atoms with E-state index in [-0.39, 0.29) is 17.7 Å². The molecular weight excluding hydrogens is 242 g/mol. The van der Waals surface area contributed by atoms with E-state index in [9.17, 15) is 9.59 Å². The van der Waals surface area contributed by atoms with Gasteiger partial charge in [0.2, 0.25) is 11.8 Å². The maximum atomic E-state index is 11.6. The minimum atomic E-state index is 0.110. The van der Waals surface area contributed by atoms with Gasteiger partial charge in [-0.1, -0.05) is 0 Å². The minimum Gasteiger partial charge on any atom is -0.354 e. The molecule has 0 spiro atoms. The van der Waals surface area contributed by atoms with E-state index in [4.69, 9.17) is 0 Å². The molecule has 0 radical (unpaired) electrons. The van der Waals surface area contributed by atoms with Crippen molar-refractivity contribution in [3.63, 3.8) is 0 Å². The molecule has 5 nitrogen and oxygen atoms in total. The van der Waals surface area contributed by atoms with Crippen molar-refractivity contribution in [1.29, 1.82) is 0 Å². The second kappa shape index (κ2) is 7.48. The van der Waals surface area contributed by atoms with E-state index in [0.717, 1.165) is 32.4 Å². The van der Waals surface area contributed by atoms with Crippen LogP contribution in [0.25, 0.3) is 0 Å². The molecule has 1 aliphatic carbocycles. The van der Waals surface area contributed by atoms with Gasteiger partial charge in [-0.25, -0.2) is 0 Å². The van der Waals surface area contributed by atoms with Crippen LogP contribution >= 0.6 is 0 Å². The highest BCUT2D eigenvalue weighted by atomic mass is 16.2. The molecule has 2 rings (SSSR count). The Morgan fingerprint density at radius 1 is 1.00 bits per heavy atom. The topological polar surface area (TPSA) is 70.2 Å². The van der Waals surface area contributed by atoms with E-state index in [1.54, 1.807) is 0 Å².